The Balaban J connectivity index is 2.32. The summed E-state index contributed by atoms with van der Waals surface area (Å²) in [4.78, 5) is 23.1. The first-order chi connectivity index (χ1) is 9.13. The highest BCUT2D eigenvalue weighted by Crippen LogP contribution is 1.97. The summed E-state index contributed by atoms with van der Waals surface area (Å²) in [5, 5.41) is 7.84. The lowest BCUT2D eigenvalue weighted by Gasteiger charge is -2.14. The van der Waals surface area contributed by atoms with Crippen molar-refractivity contribution in [2.75, 3.05) is 6.54 Å². The molecule has 0 aliphatic carbocycles. The Hall–Kier alpha value is -2.30. The van der Waals surface area contributed by atoms with Gasteiger partial charge in [0.05, 0.1) is 0 Å². The van der Waals surface area contributed by atoms with E-state index in [1.165, 1.54) is 0 Å². The Morgan fingerprint density at radius 2 is 1.95 bits per heavy atom. The fraction of sp³-hybridized carbons (Fsp3) is 0.286. The fourth-order valence-corrected chi connectivity index (χ4v) is 1.42. The molecule has 0 heterocycles. The van der Waals surface area contributed by atoms with Gasteiger partial charge >= 0.3 is 6.03 Å². The van der Waals surface area contributed by atoms with E-state index in [0.717, 1.165) is 5.56 Å². The van der Waals surface area contributed by atoms with Crippen LogP contribution in [0.2, 0.25) is 0 Å². The SMILES string of the molecule is C=CCNC(=O)N[C@H](C)C(=O)NCc1ccccc1. The van der Waals surface area contributed by atoms with Crippen molar-refractivity contribution in [2.24, 2.45) is 0 Å². The van der Waals surface area contributed by atoms with E-state index in [-0.39, 0.29) is 11.9 Å². The molecule has 1 rings (SSSR count). The van der Waals surface area contributed by atoms with Crippen molar-refractivity contribution in [3.8, 4) is 0 Å². The average Bonchev–Trinajstić information content (AvgIpc) is 2.43. The standard InChI is InChI=1S/C14H19N3O2/c1-3-9-15-14(19)17-11(2)13(18)16-10-12-7-5-4-6-8-12/h3-8,11H,1,9-10H2,2H3,(H,16,18)(H2,15,17,19)/t11-/m1/s1. The summed E-state index contributed by atoms with van der Waals surface area (Å²) in [6.45, 7) is 5.93. The van der Waals surface area contributed by atoms with Gasteiger partial charge in [-0.2, -0.15) is 0 Å². The van der Waals surface area contributed by atoms with E-state index in [9.17, 15) is 9.59 Å². The largest absolute Gasteiger partial charge is 0.350 e. The molecule has 0 aliphatic rings. The van der Waals surface area contributed by atoms with E-state index in [0.29, 0.717) is 13.1 Å². The van der Waals surface area contributed by atoms with Gasteiger partial charge in [0.25, 0.3) is 0 Å². The molecule has 0 fully saturated rings. The summed E-state index contributed by atoms with van der Waals surface area (Å²) in [5.74, 6) is -0.224. The van der Waals surface area contributed by atoms with Crippen molar-refractivity contribution in [3.63, 3.8) is 0 Å². The molecule has 0 aromatic heterocycles. The van der Waals surface area contributed by atoms with Crippen LogP contribution in [-0.4, -0.2) is 24.5 Å². The Kier molecular flexibility index (Phi) is 6.15. The number of hydrogen-bond donors (Lipinski definition) is 3. The van der Waals surface area contributed by atoms with Crippen LogP contribution in [0.25, 0.3) is 0 Å². The van der Waals surface area contributed by atoms with Crippen LogP contribution in [0.1, 0.15) is 12.5 Å². The molecule has 0 bridgehead atoms. The summed E-state index contributed by atoms with van der Waals surface area (Å²) in [5.41, 5.74) is 1.01. The van der Waals surface area contributed by atoms with E-state index in [1.54, 1.807) is 13.0 Å². The maximum absolute atomic E-state index is 11.8. The number of rotatable bonds is 6. The van der Waals surface area contributed by atoms with Crippen LogP contribution in [-0.2, 0) is 11.3 Å². The predicted octanol–water partition coefficient (Wildman–Crippen LogP) is 1.18. The van der Waals surface area contributed by atoms with Gasteiger partial charge in [0.1, 0.15) is 6.04 Å². The number of carbonyl (C=O) groups excluding carboxylic acids is 2. The summed E-state index contributed by atoms with van der Waals surface area (Å²) in [7, 11) is 0. The molecule has 3 amide bonds. The second-order valence-electron chi connectivity index (χ2n) is 4.07. The molecule has 0 radical (unpaired) electrons. The van der Waals surface area contributed by atoms with Crippen molar-refractivity contribution >= 4 is 11.9 Å². The third kappa shape index (κ3) is 5.72. The molecule has 5 heteroatoms. The van der Waals surface area contributed by atoms with Gasteiger partial charge in [-0.15, -0.1) is 6.58 Å². The Labute approximate surface area is 113 Å². The van der Waals surface area contributed by atoms with Crippen LogP contribution in [0.4, 0.5) is 4.79 Å². The first-order valence-electron chi connectivity index (χ1n) is 6.10. The van der Waals surface area contributed by atoms with Gasteiger partial charge in [-0.3, -0.25) is 4.79 Å². The number of amides is 3. The Morgan fingerprint density at radius 1 is 1.26 bits per heavy atom. The van der Waals surface area contributed by atoms with E-state index in [1.807, 2.05) is 30.3 Å². The number of nitrogens with one attached hydrogen (secondary N) is 3. The molecule has 1 aromatic carbocycles. The quantitative estimate of drug-likeness (QED) is 0.673. The van der Waals surface area contributed by atoms with Gasteiger partial charge in [-0.05, 0) is 12.5 Å². The van der Waals surface area contributed by atoms with Gasteiger partial charge in [0.2, 0.25) is 5.91 Å². The van der Waals surface area contributed by atoms with E-state index >= 15 is 0 Å². The monoisotopic (exact) mass is 261 g/mol. The molecule has 0 saturated heterocycles. The van der Waals surface area contributed by atoms with Crippen LogP contribution in [0, 0.1) is 0 Å². The maximum atomic E-state index is 11.8. The third-order valence-corrected chi connectivity index (χ3v) is 2.46. The Bertz CT molecular complexity index is 432. The number of urea groups is 1. The first kappa shape index (κ1) is 14.8. The van der Waals surface area contributed by atoms with E-state index in [2.05, 4.69) is 22.5 Å². The Morgan fingerprint density at radius 3 is 2.58 bits per heavy atom. The van der Waals surface area contributed by atoms with E-state index in [4.69, 9.17) is 0 Å². The molecular formula is C14H19N3O2. The second kappa shape index (κ2) is 7.92. The third-order valence-electron chi connectivity index (χ3n) is 2.46. The topological polar surface area (TPSA) is 70.2 Å². The minimum absolute atomic E-state index is 0.224. The molecular weight excluding hydrogens is 242 g/mol. The minimum atomic E-state index is -0.589. The lowest BCUT2D eigenvalue weighted by molar-refractivity contribution is -0.122. The molecule has 19 heavy (non-hydrogen) atoms. The zero-order chi connectivity index (χ0) is 14.1. The molecule has 0 saturated carbocycles. The van der Waals surface area contributed by atoms with Crippen molar-refractivity contribution in [1.82, 2.24) is 16.0 Å². The van der Waals surface area contributed by atoms with Crippen molar-refractivity contribution < 1.29 is 9.59 Å². The predicted molar refractivity (Wildman–Crippen MR) is 74.5 cm³/mol. The van der Waals surface area contributed by atoms with Crippen LogP contribution < -0.4 is 16.0 Å². The summed E-state index contributed by atoms with van der Waals surface area (Å²) < 4.78 is 0. The van der Waals surface area contributed by atoms with Gasteiger partial charge in [0, 0.05) is 13.1 Å². The lowest BCUT2D eigenvalue weighted by atomic mass is 10.2. The van der Waals surface area contributed by atoms with Gasteiger partial charge in [-0.1, -0.05) is 36.4 Å². The second-order valence-corrected chi connectivity index (χ2v) is 4.07. The fourth-order valence-electron chi connectivity index (χ4n) is 1.42. The van der Waals surface area contributed by atoms with Crippen LogP contribution in [0.3, 0.4) is 0 Å². The molecule has 0 aliphatic heterocycles. The van der Waals surface area contributed by atoms with E-state index < -0.39 is 6.04 Å². The van der Waals surface area contributed by atoms with Crippen molar-refractivity contribution in [2.45, 2.75) is 19.5 Å². The summed E-state index contributed by atoms with van der Waals surface area (Å²) in [6.07, 6.45) is 1.57. The normalized spacial score (nSPS) is 11.2. The van der Waals surface area contributed by atoms with Crippen LogP contribution in [0.5, 0.6) is 0 Å². The average molecular weight is 261 g/mol. The highest BCUT2D eigenvalue weighted by atomic mass is 16.2. The van der Waals surface area contributed by atoms with Gasteiger partial charge < -0.3 is 16.0 Å². The minimum Gasteiger partial charge on any atom is -0.350 e. The summed E-state index contributed by atoms with van der Waals surface area (Å²) in [6, 6.07) is 8.61. The zero-order valence-electron chi connectivity index (χ0n) is 11.0. The molecule has 3 N–H and O–H groups in total. The highest BCUT2D eigenvalue weighted by molar-refractivity contribution is 5.86. The number of benzene rings is 1. The smallest absolute Gasteiger partial charge is 0.315 e. The van der Waals surface area contributed by atoms with Gasteiger partial charge in [0.15, 0.2) is 0 Å². The molecule has 1 atom stereocenters. The molecule has 102 valence electrons. The molecule has 1 aromatic rings. The number of hydrogen-bond acceptors (Lipinski definition) is 2. The summed E-state index contributed by atoms with van der Waals surface area (Å²) >= 11 is 0. The van der Waals surface area contributed by atoms with Gasteiger partial charge in [-0.25, -0.2) is 4.79 Å². The number of carbonyl (C=O) groups is 2. The molecule has 0 spiro atoms. The zero-order valence-corrected chi connectivity index (χ0v) is 11.0. The highest BCUT2D eigenvalue weighted by Gasteiger charge is 2.14. The lowest BCUT2D eigenvalue weighted by Crippen LogP contribution is -2.48. The molecule has 5 nitrogen and oxygen atoms in total. The first-order valence-corrected chi connectivity index (χ1v) is 6.10. The molecule has 0 unspecified atom stereocenters. The van der Waals surface area contributed by atoms with Crippen LogP contribution >= 0.6 is 0 Å². The van der Waals surface area contributed by atoms with Crippen molar-refractivity contribution in [3.05, 3.63) is 48.6 Å². The van der Waals surface area contributed by atoms with Crippen LogP contribution in [0.15, 0.2) is 43.0 Å². The maximum Gasteiger partial charge on any atom is 0.315 e. The van der Waals surface area contributed by atoms with Crippen molar-refractivity contribution in [1.29, 1.82) is 0 Å².